The van der Waals surface area contributed by atoms with E-state index in [4.69, 9.17) is 5.11 Å². The molecule has 130 valence electrons. The molecule has 0 aliphatic rings. The number of hydrogen-bond acceptors (Lipinski definition) is 4. The van der Waals surface area contributed by atoms with E-state index in [2.05, 4.69) is 20.6 Å². The lowest BCUT2D eigenvalue weighted by atomic mass is 10.1. The molecular weight excluding hydrogens is 320 g/mol. The van der Waals surface area contributed by atoms with Gasteiger partial charge in [-0.25, -0.2) is 4.98 Å². The second-order valence-corrected chi connectivity index (χ2v) is 6.07. The van der Waals surface area contributed by atoms with Crippen LogP contribution in [0.2, 0.25) is 0 Å². The molecular formula is C18H20N4O3. The number of amides is 2. The van der Waals surface area contributed by atoms with Gasteiger partial charge in [0.15, 0.2) is 0 Å². The minimum absolute atomic E-state index is 0.162. The SMILES string of the molecule is CC(CO)NC(=O)C(C)NC(=O)c1cc2c(cn1)[nH]c1ccccc12. The van der Waals surface area contributed by atoms with Crippen molar-refractivity contribution in [1.29, 1.82) is 0 Å². The van der Waals surface area contributed by atoms with Crippen LogP contribution in [-0.2, 0) is 4.79 Å². The molecule has 2 amide bonds. The van der Waals surface area contributed by atoms with Gasteiger partial charge in [0.25, 0.3) is 5.91 Å². The van der Waals surface area contributed by atoms with Crippen molar-refractivity contribution in [1.82, 2.24) is 20.6 Å². The van der Waals surface area contributed by atoms with Gasteiger partial charge in [0, 0.05) is 22.3 Å². The van der Waals surface area contributed by atoms with E-state index in [0.717, 1.165) is 21.8 Å². The third kappa shape index (κ3) is 3.46. The number of carbonyl (C=O) groups is 2. The first-order valence-corrected chi connectivity index (χ1v) is 8.08. The van der Waals surface area contributed by atoms with Crippen LogP contribution < -0.4 is 10.6 Å². The Bertz CT molecular complexity index is 934. The third-order valence-electron chi connectivity index (χ3n) is 4.03. The summed E-state index contributed by atoms with van der Waals surface area (Å²) in [5.41, 5.74) is 2.06. The molecule has 4 N–H and O–H groups in total. The number of aliphatic hydroxyl groups is 1. The predicted molar refractivity (Wildman–Crippen MR) is 95.2 cm³/mol. The zero-order valence-corrected chi connectivity index (χ0v) is 14.0. The highest BCUT2D eigenvalue weighted by Crippen LogP contribution is 2.24. The lowest BCUT2D eigenvalue weighted by molar-refractivity contribution is -0.123. The standard InChI is InChI=1S/C18H20N4O3/c1-10(9-23)20-17(24)11(2)21-18(25)15-7-13-12-5-3-4-6-14(12)22-16(13)8-19-15/h3-8,10-11,22-23H,9H2,1-2H3,(H,20,24)(H,21,25). The number of aliphatic hydroxyl groups excluding tert-OH is 1. The lowest BCUT2D eigenvalue weighted by Gasteiger charge is -2.16. The molecule has 1 aromatic carbocycles. The van der Waals surface area contributed by atoms with Crippen molar-refractivity contribution in [3.05, 3.63) is 42.2 Å². The molecule has 0 saturated carbocycles. The predicted octanol–water partition coefficient (Wildman–Crippen LogP) is 1.33. The second-order valence-electron chi connectivity index (χ2n) is 6.07. The molecule has 0 saturated heterocycles. The van der Waals surface area contributed by atoms with E-state index in [-0.39, 0.29) is 24.2 Å². The Morgan fingerprint density at radius 3 is 2.68 bits per heavy atom. The number of aromatic amines is 1. The summed E-state index contributed by atoms with van der Waals surface area (Å²) < 4.78 is 0. The zero-order valence-electron chi connectivity index (χ0n) is 14.0. The maximum Gasteiger partial charge on any atom is 0.270 e. The van der Waals surface area contributed by atoms with Crippen LogP contribution in [0.4, 0.5) is 0 Å². The number of nitrogens with one attached hydrogen (secondary N) is 3. The molecule has 3 aromatic rings. The number of pyridine rings is 1. The Morgan fingerprint density at radius 1 is 1.16 bits per heavy atom. The van der Waals surface area contributed by atoms with Gasteiger partial charge in [-0.05, 0) is 26.0 Å². The molecule has 25 heavy (non-hydrogen) atoms. The molecule has 2 atom stereocenters. The van der Waals surface area contributed by atoms with Gasteiger partial charge in [0.1, 0.15) is 11.7 Å². The van der Waals surface area contributed by atoms with Crippen LogP contribution in [-0.4, -0.2) is 45.6 Å². The summed E-state index contributed by atoms with van der Waals surface area (Å²) in [7, 11) is 0. The molecule has 0 aliphatic carbocycles. The van der Waals surface area contributed by atoms with Gasteiger partial charge >= 0.3 is 0 Å². The van der Waals surface area contributed by atoms with E-state index in [9.17, 15) is 9.59 Å². The molecule has 2 aromatic heterocycles. The first-order chi connectivity index (χ1) is 12.0. The highest BCUT2D eigenvalue weighted by atomic mass is 16.3. The van der Waals surface area contributed by atoms with Crippen LogP contribution >= 0.6 is 0 Å². The van der Waals surface area contributed by atoms with E-state index in [1.54, 1.807) is 26.1 Å². The maximum absolute atomic E-state index is 12.4. The van der Waals surface area contributed by atoms with Gasteiger partial charge in [0.2, 0.25) is 5.91 Å². The van der Waals surface area contributed by atoms with E-state index in [0.29, 0.717) is 0 Å². The Kier molecular flexibility index (Phi) is 4.67. The fraction of sp³-hybridized carbons (Fsp3) is 0.278. The highest BCUT2D eigenvalue weighted by molar-refractivity contribution is 6.09. The van der Waals surface area contributed by atoms with Gasteiger partial charge in [-0.15, -0.1) is 0 Å². The smallest absolute Gasteiger partial charge is 0.270 e. The van der Waals surface area contributed by atoms with Crippen molar-refractivity contribution < 1.29 is 14.7 Å². The van der Waals surface area contributed by atoms with Crippen molar-refractivity contribution >= 4 is 33.6 Å². The van der Waals surface area contributed by atoms with Gasteiger partial charge in [0.05, 0.1) is 18.3 Å². The number of nitrogens with zero attached hydrogens (tertiary/aromatic N) is 1. The normalized spacial score (nSPS) is 13.6. The quantitative estimate of drug-likeness (QED) is 0.562. The third-order valence-corrected chi connectivity index (χ3v) is 4.03. The summed E-state index contributed by atoms with van der Waals surface area (Å²) in [5, 5.41) is 16.1. The number of H-pyrrole nitrogens is 1. The number of hydrogen-bond donors (Lipinski definition) is 4. The van der Waals surface area contributed by atoms with Crippen LogP contribution in [0.1, 0.15) is 24.3 Å². The van der Waals surface area contributed by atoms with Gasteiger partial charge in [-0.3, -0.25) is 9.59 Å². The molecule has 2 unspecified atom stereocenters. The van der Waals surface area contributed by atoms with Crippen LogP contribution in [0, 0.1) is 0 Å². The molecule has 7 heteroatoms. The number of fused-ring (bicyclic) bond motifs is 3. The lowest BCUT2D eigenvalue weighted by Crippen LogP contribution is -2.48. The fourth-order valence-corrected chi connectivity index (χ4v) is 2.62. The number of benzene rings is 1. The molecule has 7 nitrogen and oxygen atoms in total. The highest BCUT2D eigenvalue weighted by Gasteiger charge is 2.19. The molecule has 3 rings (SSSR count). The number of carbonyl (C=O) groups excluding carboxylic acids is 2. The second kappa shape index (κ2) is 6.90. The molecule has 0 radical (unpaired) electrons. The molecule has 0 aliphatic heterocycles. The van der Waals surface area contributed by atoms with E-state index in [1.807, 2.05) is 24.3 Å². The number of para-hydroxylation sites is 1. The van der Waals surface area contributed by atoms with E-state index < -0.39 is 11.9 Å². The zero-order chi connectivity index (χ0) is 18.0. The van der Waals surface area contributed by atoms with Crippen molar-refractivity contribution in [3.63, 3.8) is 0 Å². The van der Waals surface area contributed by atoms with E-state index >= 15 is 0 Å². The van der Waals surface area contributed by atoms with Crippen LogP contribution in [0.3, 0.4) is 0 Å². The van der Waals surface area contributed by atoms with Crippen molar-refractivity contribution in [2.75, 3.05) is 6.61 Å². The summed E-state index contributed by atoms with van der Waals surface area (Å²) in [6.45, 7) is 3.10. The Balaban J connectivity index is 1.80. The summed E-state index contributed by atoms with van der Waals surface area (Å²) in [4.78, 5) is 31.8. The van der Waals surface area contributed by atoms with Crippen molar-refractivity contribution in [3.8, 4) is 0 Å². The monoisotopic (exact) mass is 340 g/mol. The average molecular weight is 340 g/mol. The van der Waals surface area contributed by atoms with Gasteiger partial charge in [-0.2, -0.15) is 0 Å². The Hall–Kier alpha value is -2.93. The van der Waals surface area contributed by atoms with Crippen LogP contribution in [0.5, 0.6) is 0 Å². The van der Waals surface area contributed by atoms with E-state index in [1.165, 1.54) is 0 Å². The topological polar surface area (TPSA) is 107 Å². The maximum atomic E-state index is 12.4. The number of aromatic nitrogens is 2. The minimum atomic E-state index is -0.734. The largest absolute Gasteiger partial charge is 0.394 e. The molecule has 2 heterocycles. The first-order valence-electron chi connectivity index (χ1n) is 8.08. The van der Waals surface area contributed by atoms with Crippen LogP contribution in [0.25, 0.3) is 21.8 Å². The summed E-state index contributed by atoms with van der Waals surface area (Å²) in [6, 6.07) is 8.42. The minimum Gasteiger partial charge on any atom is -0.394 e. The molecule has 0 bridgehead atoms. The fourth-order valence-electron chi connectivity index (χ4n) is 2.62. The molecule has 0 spiro atoms. The summed E-state index contributed by atoms with van der Waals surface area (Å²) >= 11 is 0. The number of rotatable bonds is 5. The van der Waals surface area contributed by atoms with Crippen molar-refractivity contribution in [2.45, 2.75) is 25.9 Å². The van der Waals surface area contributed by atoms with Crippen molar-refractivity contribution in [2.24, 2.45) is 0 Å². The van der Waals surface area contributed by atoms with Gasteiger partial charge in [-0.1, -0.05) is 18.2 Å². The van der Waals surface area contributed by atoms with Crippen LogP contribution in [0.15, 0.2) is 36.5 Å². The Morgan fingerprint density at radius 2 is 1.92 bits per heavy atom. The Labute approximate surface area is 144 Å². The summed E-state index contributed by atoms with van der Waals surface area (Å²) in [5.74, 6) is -0.783. The van der Waals surface area contributed by atoms with Gasteiger partial charge < -0.3 is 20.7 Å². The summed E-state index contributed by atoms with van der Waals surface area (Å²) in [6.07, 6.45) is 1.61. The molecule has 0 fully saturated rings. The average Bonchev–Trinajstić information content (AvgIpc) is 2.99. The first kappa shape index (κ1) is 16.9.